The Morgan fingerprint density at radius 2 is 1.14 bits per heavy atom. The molecule has 0 aliphatic carbocycles. The van der Waals surface area contributed by atoms with Crippen molar-refractivity contribution in [3.8, 4) is 33.8 Å². The van der Waals surface area contributed by atoms with Crippen LogP contribution in [0.2, 0.25) is 0 Å². The number of fused-ring (bicyclic) bond motifs is 4. The molecular weight excluding hydrogens is 683 g/mol. The first kappa shape index (κ1) is 33.3. The van der Waals surface area contributed by atoms with E-state index in [1.807, 2.05) is 6.20 Å². The highest BCUT2D eigenvalue weighted by Gasteiger charge is 2.22. The molecule has 0 spiro atoms. The number of hydrogen-bond donors (Lipinski definition) is 0. The van der Waals surface area contributed by atoms with Gasteiger partial charge in [0.15, 0.2) is 17.4 Å². The number of para-hydroxylation sites is 4. The summed E-state index contributed by atoms with van der Waals surface area (Å²) in [5.74, 6) is 0.877. The fourth-order valence-corrected chi connectivity index (χ4v) is 8.47. The largest absolute Gasteiger partial charge is 0.309 e. The smallest absolute Gasteiger partial charge is 0.191 e. The van der Waals surface area contributed by atoms with Crippen molar-refractivity contribution in [1.82, 2.24) is 18.7 Å². The topological polar surface area (TPSA) is 30.9 Å². The zero-order valence-corrected chi connectivity index (χ0v) is 31.6. The van der Waals surface area contributed by atoms with Gasteiger partial charge in [-0.1, -0.05) is 97.1 Å². The second-order valence-electron chi connectivity index (χ2n) is 14.5. The van der Waals surface area contributed by atoms with Crippen molar-refractivity contribution in [1.29, 1.82) is 0 Å². The van der Waals surface area contributed by atoms with E-state index in [2.05, 4.69) is 222 Å². The molecule has 0 fully saturated rings. The zero-order chi connectivity index (χ0) is 37.8. The maximum atomic E-state index is 5.05. The third-order valence-electron chi connectivity index (χ3n) is 11.1. The predicted octanol–water partition coefficient (Wildman–Crippen LogP) is 13.2. The van der Waals surface area contributed by atoms with Gasteiger partial charge in [-0.3, -0.25) is 4.57 Å². The number of rotatable bonds is 7. The monoisotopic (exact) mass is 722 g/mol. The molecule has 0 saturated heterocycles. The summed E-state index contributed by atoms with van der Waals surface area (Å²) in [6.45, 7) is 4.41. The summed E-state index contributed by atoms with van der Waals surface area (Å²) < 4.78 is 6.78. The molecule has 0 aliphatic rings. The van der Waals surface area contributed by atoms with Crippen molar-refractivity contribution in [2.24, 2.45) is 7.05 Å². The molecule has 3 heterocycles. The number of imidazole rings is 1. The lowest BCUT2D eigenvalue weighted by Crippen LogP contribution is -2.13. The normalized spacial score (nSPS) is 11.5. The molecule has 56 heavy (non-hydrogen) atoms. The molecule has 0 bridgehead atoms. The van der Waals surface area contributed by atoms with Crippen LogP contribution in [0, 0.1) is 13.8 Å². The molecule has 268 valence electrons. The number of benzene rings is 7. The number of anilines is 3. The van der Waals surface area contributed by atoms with E-state index in [1.165, 1.54) is 49.8 Å². The first-order valence-corrected chi connectivity index (χ1v) is 19.1. The van der Waals surface area contributed by atoms with E-state index in [1.54, 1.807) is 0 Å². The first-order valence-electron chi connectivity index (χ1n) is 19.1. The quantitative estimate of drug-likeness (QED) is 0.153. The summed E-state index contributed by atoms with van der Waals surface area (Å²) in [6, 6.07) is 63.1. The van der Waals surface area contributed by atoms with Gasteiger partial charge in [-0.05, 0) is 102 Å². The van der Waals surface area contributed by atoms with Gasteiger partial charge < -0.3 is 4.90 Å². The number of aryl methyl sites for hydroxylation is 3. The minimum Gasteiger partial charge on any atom is -0.309 e. The molecule has 0 radical (unpaired) electrons. The van der Waals surface area contributed by atoms with E-state index in [9.17, 15) is 0 Å². The number of nitrogens with zero attached hydrogens (tertiary/aromatic N) is 5. The van der Waals surface area contributed by atoms with Gasteiger partial charge in [0.2, 0.25) is 0 Å². The maximum Gasteiger partial charge on any atom is 0.191 e. The molecule has 0 unspecified atom stereocenters. The lowest BCUT2D eigenvalue weighted by molar-refractivity contribution is 0.911. The Kier molecular flexibility index (Phi) is 8.07. The van der Waals surface area contributed by atoms with Gasteiger partial charge >= 0.3 is 0 Å². The molecule has 5 nitrogen and oxygen atoms in total. The number of aromatic nitrogens is 4. The lowest BCUT2D eigenvalue weighted by Gasteiger charge is -2.29. The molecule has 0 amide bonds. The molecular formula is C51H40N5+. The van der Waals surface area contributed by atoms with Gasteiger partial charge in [0, 0.05) is 54.0 Å². The number of hydrogen-bond acceptors (Lipinski definition) is 2. The van der Waals surface area contributed by atoms with Gasteiger partial charge in [0.05, 0.1) is 22.4 Å². The Bertz CT molecular complexity index is 3060. The molecule has 5 heteroatoms. The van der Waals surface area contributed by atoms with Crippen molar-refractivity contribution in [3.63, 3.8) is 0 Å². The molecule has 0 atom stereocenters. The number of pyridine rings is 1. The third-order valence-corrected chi connectivity index (χ3v) is 11.1. The minimum absolute atomic E-state index is 0.877. The van der Waals surface area contributed by atoms with Crippen LogP contribution in [-0.2, 0) is 7.05 Å². The molecule has 7 aromatic carbocycles. The van der Waals surface area contributed by atoms with Crippen LogP contribution in [0.3, 0.4) is 0 Å². The lowest BCUT2D eigenvalue weighted by atomic mass is 9.95. The van der Waals surface area contributed by atoms with Crippen molar-refractivity contribution < 1.29 is 0 Å². The summed E-state index contributed by atoms with van der Waals surface area (Å²) in [4.78, 5) is 7.46. The summed E-state index contributed by atoms with van der Waals surface area (Å²) in [5.41, 5.74) is 16.1. The van der Waals surface area contributed by atoms with Gasteiger partial charge in [0.1, 0.15) is 11.5 Å². The van der Waals surface area contributed by atoms with Crippen LogP contribution < -0.4 is 4.90 Å². The van der Waals surface area contributed by atoms with Crippen LogP contribution in [0.15, 0.2) is 188 Å². The van der Waals surface area contributed by atoms with E-state index >= 15 is 0 Å². The van der Waals surface area contributed by atoms with Crippen LogP contribution in [0.25, 0.3) is 66.6 Å². The standard InChI is InChI=1S/C51H40N5/c1-35-15-13-16-36(2)51(35)55(40-20-14-19-39(32-40)54-34-53(3)47-25-11-12-26-48(47)54)41-27-28-45-44-23-9-10-24-46(44)56(49(45)33-41)50-31-38(29-30-52-50)43-22-8-7-21-42(43)37-17-5-4-6-18-37/h4-34H,1-3H3/q+1. The first-order chi connectivity index (χ1) is 27.5. The molecule has 0 saturated carbocycles. The van der Waals surface area contributed by atoms with Gasteiger partial charge in [-0.2, -0.15) is 4.57 Å². The highest BCUT2D eigenvalue weighted by atomic mass is 15.2. The fourth-order valence-electron chi connectivity index (χ4n) is 8.47. The molecule has 10 aromatic rings. The summed E-state index contributed by atoms with van der Waals surface area (Å²) in [5, 5.41) is 2.38. The summed E-state index contributed by atoms with van der Waals surface area (Å²) in [7, 11) is 2.10. The van der Waals surface area contributed by atoms with Gasteiger partial charge in [0.25, 0.3) is 0 Å². The molecule has 0 aliphatic heterocycles. The summed E-state index contributed by atoms with van der Waals surface area (Å²) >= 11 is 0. The average molecular weight is 723 g/mol. The Hall–Kier alpha value is -7.24. The van der Waals surface area contributed by atoms with E-state index in [0.29, 0.717) is 0 Å². The van der Waals surface area contributed by atoms with Crippen LogP contribution in [0.4, 0.5) is 17.1 Å². The zero-order valence-electron chi connectivity index (χ0n) is 31.6. The van der Waals surface area contributed by atoms with Crippen molar-refractivity contribution in [2.45, 2.75) is 13.8 Å². The van der Waals surface area contributed by atoms with E-state index in [4.69, 9.17) is 4.98 Å². The Labute approximate surface area is 326 Å². The Balaban J connectivity index is 1.18. The molecule has 10 rings (SSSR count). The van der Waals surface area contributed by atoms with E-state index in [-0.39, 0.29) is 0 Å². The summed E-state index contributed by atoms with van der Waals surface area (Å²) in [6.07, 6.45) is 4.10. The third kappa shape index (κ3) is 5.56. The predicted molar refractivity (Wildman–Crippen MR) is 234 cm³/mol. The average Bonchev–Trinajstić information content (AvgIpc) is 3.77. The Morgan fingerprint density at radius 3 is 1.95 bits per heavy atom. The van der Waals surface area contributed by atoms with Crippen LogP contribution in [0.1, 0.15) is 11.1 Å². The molecule has 0 N–H and O–H groups in total. The van der Waals surface area contributed by atoms with Gasteiger partial charge in [-0.15, -0.1) is 0 Å². The van der Waals surface area contributed by atoms with Gasteiger partial charge in [-0.25, -0.2) is 9.55 Å². The van der Waals surface area contributed by atoms with E-state index in [0.717, 1.165) is 45.0 Å². The van der Waals surface area contributed by atoms with Crippen molar-refractivity contribution in [3.05, 3.63) is 200 Å². The second-order valence-corrected chi connectivity index (χ2v) is 14.5. The fraction of sp³-hybridized carbons (Fsp3) is 0.0588. The SMILES string of the molecule is Cc1cccc(C)c1N(c1cccc(-n2[cH+]n(C)c3ccccc32)c1)c1ccc2c3ccccc3n(-c3cc(-c4ccccc4-c4ccccc4)ccn3)c2c1. The van der Waals surface area contributed by atoms with Crippen LogP contribution in [-0.4, -0.2) is 18.7 Å². The van der Waals surface area contributed by atoms with Crippen LogP contribution >= 0.6 is 0 Å². The van der Waals surface area contributed by atoms with Crippen LogP contribution in [0.5, 0.6) is 0 Å². The van der Waals surface area contributed by atoms with E-state index < -0.39 is 0 Å². The highest BCUT2D eigenvalue weighted by molar-refractivity contribution is 6.10. The second kappa shape index (κ2) is 13.6. The van der Waals surface area contributed by atoms with Crippen molar-refractivity contribution >= 4 is 49.9 Å². The Morgan fingerprint density at radius 1 is 0.500 bits per heavy atom. The van der Waals surface area contributed by atoms with Crippen molar-refractivity contribution in [2.75, 3.05) is 4.90 Å². The minimum atomic E-state index is 0.877. The maximum absolute atomic E-state index is 5.05. The highest BCUT2D eigenvalue weighted by Crippen LogP contribution is 2.43. The molecule has 3 aromatic heterocycles.